The number of rotatable bonds is 3. The number of amides is 1. The van der Waals surface area contributed by atoms with Gasteiger partial charge in [-0.25, -0.2) is 4.98 Å². The number of nitrogens with zero attached hydrogens (tertiary/aromatic N) is 4. The molecule has 0 saturated carbocycles. The molecule has 3 rings (SSSR count). The fourth-order valence-corrected chi connectivity index (χ4v) is 2.09. The quantitative estimate of drug-likeness (QED) is 0.798. The summed E-state index contributed by atoms with van der Waals surface area (Å²) < 4.78 is 1.58. The molecule has 1 N–H and O–H groups in total. The lowest BCUT2D eigenvalue weighted by atomic mass is 10.3. The maximum atomic E-state index is 12.3. The summed E-state index contributed by atoms with van der Waals surface area (Å²) in [5.41, 5.74) is 0.713. The van der Waals surface area contributed by atoms with E-state index in [4.69, 9.17) is 23.2 Å². The first-order chi connectivity index (χ1) is 10.6. The largest absolute Gasteiger partial charge is 0.321 e. The van der Waals surface area contributed by atoms with E-state index in [0.717, 1.165) is 0 Å². The van der Waals surface area contributed by atoms with Gasteiger partial charge in [0.2, 0.25) is 0 Å². The zero-order valence-electron chi connectivity index (χ0n) is 11.1. The Morgan fingerprint density at radius 2 is 1.68 bits per heavy atom. The van der Waals surface area contributed by atoms with Crippen molar-refractivity contribution in [1.82, 2.24) is 19.7 Å². The predicted molar refractivity (Wildman–Crippen MR) is 83.6 cm³/mol. The van der Waals surface area contributed by atoms with Crippen molar-refractivity contribution in [1.29, 1.82) is 0 Å². The molecule has 0 saturated heterocycles. The van der Waals surface area contributed by atoms with Gasteiger partial charge in [0, 0.05) is 10.7 Å². The molecule has 0 radical (unpaired) electrons. The average Bonchev–Trinajstić information content (AvgIpc) is 3.04. The Morgan fingerprint density at radius 3 is 2.36 bits per heavy atom. The van der Waals surface area contributed by atoms with Crippen LogP contribution in [0, 0.1) is 0 Å². The molecule has 6 nitrogen and oxygen atoms in total. The van der Waals surface area contributed by atoms with Crippen molar-refractivity contribution in [2.75, 3.05) is 5.32 Å². The normalized spacial score (nSPS) is 10.5. The first-order valence-electron chi connectivity index (χ1n) is 6.22. The van der Waals surface area contributed by atoms with Gasteiger partial charge in [-0.05, 0) is 36.4 Å². The molecule has 0 aliphatic carbocycles. The summed E-state index contributed by atoms with van der Waals surface area (Å²) in [5.74, 6) is 0.0814. The Morgan fingerprint density at radius 1 is 1.00 bits per heavy atom. The van der Waals surface area contributed by atoms with E-state index < -0.39 is 5.91 Å². The van der Waals surface area contributed by atoms with Gasteiger partial charge in [0.05, 0.1) is 5.02 Å². The highest BCUT2D eigenvalue weighted by Crippen LogP contribution is 2.19. The van der Waals surface area contributed by atoms with Crippen molar-refractivity contribution in [2.45, 2.75) is 0 Å². The molecule has 1 amide bonds. The number of benzene rings is 1. The van der Waals surface area contributed by atoms with Gasteiger partial charge in [-0.1, -0.05) is 23.2 Å². The van der Waals surface area contributed by atoms with Crippen molar-refractivity contribution in [3.8, 4) is 5.82 Å². The third kappa shape index (κ3) is 3.08. The van der Waals surface area contributed by atoms with Gasteiger partial charge in [-0.2, -0.15) is 0 Å². The van der Waals surface area contributed by atoms with Gasteiger partial charge in [-0.3, -0.25) is 9.36 Å². The summed E-state index contributed by atoms with van der Waals surface area (Å²) in [6.07, 6.45) is 2.97. The third-order valence-electron chi connectivity index (χ3n) is 2.83. The van der Waals surface area contributed by atoms with E-state index in [0.29, 0.717) is 16.5 Å². The predicted octanol–water partition coefficient (Wildman–Crippen LogP) is 3.22. The molecule has 0 aliphatic heterocycles. The summed E-state index contributed by atoms with van der Waals surface area (Å²) in [7, 11) is 0. The molecule has 0 bridgehead atoms. The highest BCUT2D eigenvalue weighted by molar-refractivity contribution is 6.34. The summed E-state index contributed by atoms with van der Waals surface area (Å²) in [6.45, 7) is 0. The highest BCUT2D eigenvalue weighted by Gasteiger charge is 2.14. The summed E-state index contributed by atoms with van der Waals surface area (Å²) in [4.78, 5) is 16.6. The zero-order chi connectivity index (χ0) is 15.5. The molecule has 2 heterocycles. The summed E-state index contributed by atoms with van der Waals surface area (Å²) in [6, 6.07) is 10.0. The number of hydrogen-bond acceptors (Lipinski definition) is 4. The molecule has 3 aromatic rings. The number of carbonyl (C=O) groups is 1. The maximum absolute atomic E-state index is 12.3. The van der Waals surface area contributed by atoms with Gasteiger partial charge in [0.25, 0.3) is 5.91 Å². The molecule has 0 spiro atoms. The molecule has 1 aromatic carbocycles. The maximum Gasteiger partial charge on any atom is 0.275 e. The van der Waals surface area contributed by atoms with E-state index >= 15 is 0 Å². The number of hydrogen-bond donors (Lipinski definition) is 1. The van der Waals surface area contributed by atoms with E-state index in [2.05, 4.69) is 20.5 Å². The van der Waals surface area contributed by atoms with Crippen molar-refractivity contribution in [2.24, 2.45) is 0 Å². The van der Waals surface area contributed by atoms with Gasteiger partial charge in [0.15, 0.2) is 0 Å². The van der Waals surface area contributed by atoms with Crippen LogP contribution in [-0.2, 0) is 0 Å². The van der Waals surface area contributed by atoms with Crippen LogP contribution in [0.25, 0.3) is 5.82 Å². The highest BCUT2D eigenvalue weighted by atomic mass is 35.5. The minimum absolute atomic E-state index is 0.114. The molecule has 2 aromatic heterocycles. The summed E-state index contributed by atoms with van der Waals surface area (Å²) >= 11 is 11.9. The first kappa shape index (κ1) is 14.5. The van der Waals surface area contributed by atoms with Gasteiger partial charge < -0.3 is 5.32 Å². The molecule has 0 aliphatic rings. The molecular formula is C14H9Cl2N5O. The van der Waals surface area contributed by atoms with Crippen molar-refractivity contribution in [3.63, 3.8) is 0 Å². The third-order valence-corrected chi connectivity index (χ3v) is 3.39. The van der Waals surface area contributed by atoms with E-state index in [-0.39, 0.29) is 10.7 Å². The Balaban J connectivity index is 1.88. The number of nitrogens with one attached hydrogen (secondary N) is 1. The SMILES string of the molecule is O=C(Nc1ccc(Cl)cc1)c1nc(-n2cnnc2)ccc1Cl. The van der Waals surface area contributed by atoms with E-state index in [1.807, 2.05) is 0 Å². The standard InChI is InChI=1S/C14H9Cl2N5O/c15-9-1-3-10(4-2-9)19-14(22)13-11(16)5-6-12(20-13)21-7-17-18-8-21/h1-8H,(H,19,22). The zero-order valence-corrected chi connectivity index (χ0v) is 12.6. The van der Waals surface area contributed by atoms with E-state index in [1.54, 1.807) is 41.0 Å². The van der Waals surface area contributed by atoms with E-state index in [9.17, 15) is 4.79 Å². The Kier molecular flexibility index (Phi) is 4.04. The molecule has 0 atom stereocenters. The number of pyridine rings is 1. The van der Waals surface area contributed by atoms with Crippen molar-refractivity contribution in [3.05, 3.63) is 64.8 Å². The minimum Gasteiger partial charge on any atom is -0.321 e. The van der Waals surface area contributed by atoms with Crippen molar-refractivity contribution >= 4 is 34.8 Å². The minimum atomic E-state index is -0.415. The molecule has 0 fully saturated rings. The number of carbonyl (C=O) groups excluding carboxylic acids is 1. The fraction of sp³-hybridized carbons (Fsp3) is 0. The van der Waals surface area contributed by atoms with Crippen LogP contribution in [0.4, 0.5) is 5.69 Å². The van der Waals surface area contributed by atoms with Crippen LogP contribution in [-0.4, -0.2) is 25.7 Å². The van der Waals surface area contributed by atoms with Crippen LogP contribution in [0.5, 0.6) is 0 Å². The van der Waals surface area contributed by atoms with Crippen LogP contribution in [0.1, 0.15) is 10.5 Å². The van der Waals surface area contributed by atoms with E-state index in [1.165, 1.54) is 12.7 Å². The second-order valence-electron chi connectivity index (χ2n) is 4.33. The number of anilines is 1. The topological polar surface area (TPSA) is 72.7 Å². The smallest absolute Gasteiger partial charge is 0.275 e. The molecule has 110 valence electrons. The molecular weight excluding hydrogens is 325 g/mol. The van der Waals surface area contributed by atoms with Crippen LogP contribution >= 0.6 is 23.2 Å². The van der Waals surface area contributed by atoms with Crippen LogP contribution in [0.3, 0.4) is 0 Å². The average molecular weight is 334 g/mol. The lowest BCUT2D eigenvalue weighted by Gasteiger charge is -2.08. The first-order valence-corrected chi connectivity index (χ1v) is 6.97. The molecule has 8 heteroatoms. The lowest BCUT2D eigenvalue weighted by molar-refractivity contribution is 0.102. The number of aromatic nitrogens is 4. The summed E-state index contributed by atoms with van der Waals surface area (Å²) in [5, 5.41) is 11.0. The van der Waals surface area contributed by atoms with Gasteiger partial charge >= 0.3 is 0 Å². The Bertz CT molecular complexity index is 803. The van der Waals surface area contributed by atoms with Gasteiger partial charge in [0.1, 0.15) is 24.2 Å². The van der Waals surface area contributed by atoms with Gasteiger partial charge in [-0.15, -0.1) is 10.2 Å². The fourth-order valence-electron chi connectivity index (χ4n) is 1.78. The van der Waals surface area contributed by atoms with Crippen LogP contribution < -0.4 is 5.32 Å². The lowest BCUT2D eigenvalue weighted by Crippen LogP contribution is -2.15. The van der Waals surface area contributed by atoms with Crippen LogP contribution in [0.2, 0.25) is 10.0 Å². The second kappa shape index (κ2) is 6.13. The Labute approximate surface area is 135 Å². The molecule has 22 heavy (non-hydrogen) atoms. The van der Waals surface area contributed by atoms with Crippen LogP contribution in [0.15, 0.2) is 49.1 Å². The van der Waals surface area contributed by atoms with Crippen molar-refractivity contribution < 1.29 is 4.79 Å². The molecule has 0 unspecified atom stereocenters. The monoisotopic (exact) mass is 333 g/mol. The Hall–Kier alpha value is -2.44. The second-order valence-corrected chi connectivity index (χ2v) is 5.17. The number of halogens is 2.